The summed E-state index contributed by atoms with van der Waals surface area (Å²) < 4.78 is 10.9. The van der Waals surface area contributed by atoms with Gasteiger partial charge in [0.2, 0.25) is 0 Å². The van der Waals surface area contributed by atoms with Crippen LogP contribution in [0.1, 0.15) is 25.0 Å². The molecule has 3 heterocycles. The highest BCUT2D eigenvalue weighted by molar-refractivity contribution is 4.98. The van der Waals surface area contributed by atoms with Crippen molar-refractivity contribution in [2.24, 2.45) is 0 Å². The Hall–Kier alpha value is -0.840. The Morgan fingerprint density at radius 3 is 2.74 bits per heavy atom. The predicted octanol–water partition coefficient (Wildman–Crippen LogP) is 1.96. The topological polar surface area (TPSA) is 28.9 Å². The van der Waals surface area contributed by atoms with Crippen molar-refractivity contribution >= 4 is 0 Å². The first-order valence-electron chi connectivity index (χ1n) is 7.37. The fourth-order valence-corrected chi connectivity index (χ4v) is 3.34. The quantitative estimate of drug-likeness (QED) is 0.831. The Morgan fingerprint density at radius 1 is 1.26 bits per heavy atom. The maximum atomic E-state index is 5.46. The third-order valence-electron chi connectivity index (χ3n) is 4.54. The zero-order valence-corrected chi connectivity index (χ0v) is 11.8. The zero-order valence-electron chi connectivity index (χ0n) is 11.8. The molecular weight excluding hydrogens is 240 g/mol. The Labute approximate surface area is 115 Å². The summed E-state index contributed by atoms with van der Waals surface area (Å²) in [4.78, 5) is 5.12. The Morgan fingerprint density at radius 2 is 2.11 bits per heavy atom. The minimum atomic E-state index is 0.459. The van der Waals surface area contributed by atoms with Gasteiger partial charge in [0.25, 0.3) is 0 Å². The van der Waals surface area contributed by atoms with E-state index in [0.717, 1.165) is 24.9 Å². The molecule has 19 heavy (non-hydrogen) atoms. The number of ether oxygens (including phenoxy) is 1. The molecule has 0 radical (unpaired) electrons. The molecule has 0 bridgehead atoms. The summed E-state index contributed by atoms with van der Waals surface area (Å²) >= 11 is 0. The largest absolute Gasteiger partial charge is 0.468 e. The van der Waals surface area contributed by atoms with E-state index in [1.54, 1.807) is 6.26 Å². The number of rotatable bonds is 4. The van der Waals surface area contributed by atoms with E-state index >= 15 is 0 Å². The van der Waals surface area contributed by atoms with Gasteiger partial charge in [0.1, 0.15) is 5.76 Å². The van der Waals surface area contributed by atoms with Crippen molar-refractivity contribution in [2.45, 2.75) is 38.0 Å². The molecule has 1 aromatic rings. The summed E-state index contributed by atoms with van der Waals surface area (Å²) in [5.74, 6) is 1.08. The van der Waals surface area contributed by atoms with E-state index < -0.39 is 0 Å². The molecule has 0 unspecified atom stereocenters. The highest BCUT2D eigenvalue weighted by Gasteiger charge is 2.30. The number of hydrogen-bond donors (Lipinski definition) is 0. The van der Waals surface area contributed by atoms with E-state index in [1.165, 1.54) is 38.9 Å². The van der Waals surface area contributed by atoms with Crippen molar-refractivity contribution in [3.63, 3.8) is 0 Å². The lowest BCUT2D eigenvalue weighted by Gasteiger charge is -2.36. The van der Waals surface area contributed by atoms with Gasteiger partial charge in [-0.05, 0) is 31.4 Å². The van der Waals surface area contributed by atoms with E-state index in [-0.39, 0.29) is 0 Å². The van der Waals surface area contributed by atoms with Gasteiger partial charge in [-0.25, -0.2) is 0 Å². The highest BCUT2D eigenvalue weighted by atomic mass is 16.5. The van der Waals surface area contributed by atoms with Crippen LogP contribution in [0.3, 0.4) is 0 Å². The van der Waals surface area contributed by atoms with E-state index in [4.69, 9.17) is 9.15 Å². The van der Waals surface area contributed by atoms with Crippen molar-refractivity contribution in [2.75, 3.05) is 33.3 Å². The van der Waals surface area contributed by atoms with Crippen LogP contribution in [-0.2, 0) is 11.3 Å². The summed E-state index contributed by atoms with van der Waals surface area (Å²) in [5, 5.41) is 0. The van der Waals surface area contributed by atoms with Crippen LogP contribution in [0.25, 0.3) is 0 Å². The van der Waals surface area contributed by atoms with Gasteiger partial charge in [-0.1, -0.05) is 0 Å². The average molecular weight is 264 g/mol. The molecule has 3 rings (SSSR count). The molecule has 1 atom stereocenters. The molecule has 2 fully saturated rings. The lowest BCUT2D eigenvalue weighted by molar-refractivity contribution is 0.0813. The molecule has 1 aromatic heterocycles. The third-order valence-corrected chi connectivity index (χ3v) is 4.54. The van der Waals surface area contributed by atoms with Crippen LogP contribution in [0.15, 0.2) is 22.8 Å². The molecular formula is C15H24N2O2. The van der Waals surface area contributed by atoms with Gasteiger partial charge in [-0.3, -0.25) is 9.80 Å². The fraction of sp³-hybridized carbons (Fsp3) is 0.733. The first-order chi connectivity index (χ1) is 9.35. The first-order valence-corrected chi connectivity index (χ1v) is 7.37. The molecule has 2 aliphatic rings. The Balaban J connectivity index is 1.44. The lowest BCUT2D eigenvalue weighted by atomic mass is 10.0. The monoisotopic (exact) mass is 264 g/mol. The summed E-state index contributed by atoms with van der Waals surface area (Å²) in [7, 11) is 1.83. The SMILES string of the molecule is CO[C@@H]1CCN(C2CCN(Cc3ccco3)CC2)C1. The number of likely N-dealkylation sites (tertiary alicyclic amines) is 2. The summed E-state index contributed by atoms with van der Waals surface area (Å²) in [6.07, 6.45) is 5.97. The maximum absolute atomic E-state index is 5.46. The average Bonchev–Trinajstić information content (AvgIpc) is 3.10. The molecule has 0 aliphatic carbocycles. The number of methoxy groups -OCH3 is 1. The fourth-order valence-electron chi connectivity index (χ4n) is 3.34. The van der Waals surface area contributed by atoms with Crippen molar-refractivity contribution in [3.05, 3.63) is 24.2 Å². The molecule has 0 aromatic carbocycles. The van der Waals surface area contributed by atoms with Gasteiger partial charge in [-0.2, -0.15) is 0 Å². The van der Waals surface area contributed by atoms with E-state index in [0.29, 0.717) is 6.10 Å². The van der Waals surface area contributed by atoms with E-state index in [2.05, 4.69) is 15.9 Å². The van der Waals surface area contributed by atoms with Gasteiger partial charge in [0.05, 0.1) is 18.9 Å². The number of piperidine rings is 1. The number of furan rings is 1. The van der Waals surface area contributed by atoms with E-state index in [9.17, 15) is 0 Å². The summed E-state index contributed by atoms with van der Waals surface area (Å²) in [6, 6.07) is 4.79. The van der Waals surface area contributed by atoms with Crippen LogP contribution in [0.2, 0.25) is 0 Å². The molecule has 2 saturated heterocycles. The van der Waals surface area contributed by atoms with Crippen LogP contribution < -0.4 is 0 Å². The second kappa shape index (κ2) is 6.07. The van der Waals surface area contributed by atoms with E-state index in [1.807, 2.05) is 13.2 Å². The molecule has 0 amide bonds. The van der Waals surface area contributed by atoms with Crippen molar-refractivity contribution in [1.82, 2.24) is 9.80 Å². The Bertz CT molecular complexity index is 372. The van der Waals surface area contributed by atoms with Crippen molar-refractivity contribution in [3.8, 4) is 0 Å². The number of hydrogen-bond acceptors (Lipinski definition) is 4. The lowest BCUT2D eigenvalue weighted by Crippen LogP contribution is -2.44. The minimum absolute atomic E-state index is 0.459. The van der Waals surface area contributed by atoms with Gasteiger partial charge in [0.15, 0.2) is 0 Å². The standard InChI is InChI=1S/C15H24N2O2/c1-18-14-6-9-17(12-14)13-4-7-16(8-5-13)11-15-3-2-10-19-15/h2-3,10,13-14H,4-9,11-12H2,1H3/t14-/m1/s1. The predicted molar refractivity (Wildman–Crippen MR) is 74.0 cm³/mol. The van der Waals surface area contributed by atoms with Gasteiger partial charge < -0.3 is 9.15 Å². The minimum Gasteiger partial charge on any atom is -0.468 e. The number of nitrogens with zero attached hydrogens (tertiary/aromatic N) is 2. The normalized spacial score (nSPS) is 27.1. The first kappa shape index (κ1) is 13.2. The highest BCUT2D eigenvalue weighted by Crippen LogP contribution is 2.23. The molecule has 0 N–H and O–H groups in total. The summed E-state index contributed by atoms with van der Waals surface area (Å²) in [6.45, 7) is 5.65. The zero-order chi connectivity index (χ0) is 13.1. The maximum Gasteiger partial charge on any atom is 0.117 e. The van der Waals surface area contributed by atoms with Crippen LogP contribution >= 0.6 is 0 Å². The second-order valence-corrected chi connectivity index (χ2v) is 5.73. The Kier molecular flexibility index (Phi) is 4.21. The van der Waals surface area contributed by atoms with Crippen molar-refractivity contribution < 1.29 is 9.15 Å². The van der Waals surface area contributed by atoms with Crippen LogP contribution in [-0.4, -0.2) is 55.2 Å². The third kappa shape index (κ3) is 3.19. The smallest absolute Gasteiger partial charge is 0.117 e. The molecule has 0 saturated carbocycles. The van der Waals surface area contributed by atoms with Crippen LogP contribution in [0, 0.1) is 0 Å². The molecule has 0 spiro atoms. The molecule has 106 valence electrons. The molecule has 4 heteroatoms. The van der Waals surface area contributed by atoms with Gasteiger partial charge in [0, 0.05) is 39.3 Å². The van der Waals surface area contributed by atoms with Crippen LogP contribution in [0.4, 0.5) is 0 Å². The molecule has 4 nitrogen and oxygen atoms in total. The van der Waals surface area contributed by atoms with Gasteiger partial charge >= 0.3 is 0 Å². The van der Waals surface area contributed by atoms with Crippen molar-refractivity contribution in [1.29, 1.82) is 0 Å². The second-order valence-electron chi connectivity index (χ2n) is 5.73. The van der Waals surface area contributed by atoms with Crippen LogP contribution in [0.5, 0.6) is 0 Å². The molecule has 2 aliphatic heterocycles. The summed E-state index contributed by atoms with van der Waals surface area (Å²) in [5.41, 5.74) is 0. The van der Waals surface area contributed by atoms with Gasteiger partial charge in [-0.15, -0.1) is 0 Å².